The van der Waals surface area contributed by atoms with Gasteiger partial charge in [-0.2, -0.15) is 0 Å². The quantitative estimate of drug-likeness (QED) is 0.855. The van der Waals surface area contributed by atoms with E-state index in [1.807, 2.05) is 11.4 Å². The fourth-order valence-corrected chi connectivity index (χ4v) is 2.87. The molecule has 0 radical (unpaired) electrons. The molecule has 0 aliphatic heterocycles. The van der Waals surface area contributed by atoms with Gasteiger partial charge in [-0.15, -0.1) is 11.3 Å². The van der Waals surface area contributed by atoms with Crippen molar-refractivity contribution in [1.82, 2.24) is 9.97 Å². The molecule has 2 heterocycles. The van der Waals surface area contributed by atoms with E-state index < -0.39 is 0 Å². The Hall–Kier alpha value is -0.130. The predicted molar refractivity (Wildman–Crippen MR) is 57.3 cm³/mol. The Bertz CT molecular complexity index is 394. The summed E-state index contributed by atoms with van der Waals surface area (Å²) in [5.41, 5.74) is 0.964. The van der Waals surface area contributed by atoms with Crippen molar-refractivity contribution in [2.45, 2.75) is 0 Å². The highest BCUT2D eigenvalue weighted by atomic mass is 79.9. The highest BCUT2D eigenvalue weighted by Crippen LogP contribution is 2.32. The van der Waals surface area contributed by atoms with Crippen molar-refractivity contribution in [3.8, 4) is 10.6 Å². The van der Waals surface area contributed by atoms with Gasteiger partial charge in [0.05, 0.1) is 11.2 Å². The van der Waals surface area contributed by atoms with Crippen molar-refractivity contribution in [2.24, 2.45) is 0 Å². The zero-order valence-corrected chi connectivity index (χ0v) is 9.83. The van der Waals surface area contributed by atoms with Crippen LogP contribution in [0.1, 0.15) is 0 Å². The van der Waals surface area contributed by atoms with E-state index in [2.05, 4.69) is 41.8 Å². The lowest BCUT2D eigenvalue weighted by atomic mass is 10.4. The standard InChI is InChI=1S/C7H4Br2N2S/c8-4-1-5(12-2-4)6-7(9)11-3-10-6/h1-3H,(H,10,11). The summed E-state index contributed by atoms with van der Waals surface area (Å²) in [5.74, 6) is 0. The third-order valence-electron chi connectivity index (χ3n) is 1.39. The molecule has 1 N–H and O–H groups in total. The van der Waals surface area contributed by atoms with Crippen LogP contribution in [0.15, 0.2) is 26.8 Å². The Morgan fingerprint density at radius 3 is 2.75 bits per heavy atom. The van der Waals surface area contributed by atoms with E-state index in [1.165, 1.54) is 0 Å². The number of aromatic amines is 1. The fourth-order valence-electron chi connectivity index (χ4n) is 0.888. The summed E-state index contributed by atoms with van der Waals surface area (Å²) in [4.78, 5) is 8.31. The first-order chi connectivity index (χ1) is 5.77. The van der Waals surface area contributed by atoms with Crippen molar-refractivity contribution in [3.63, 3.8) is 0 Å². The molecule has 2 aromatic rings. The van der Waals surface area contributed by atoms with Gasteiger partial charge in [0.1, 0.15) is 10.3 Å². The molecule has 2 rings (SSSR count). The molecule has 2 nitrogen and oxygen atoms in total. The lowest BCUT2D eigenvalue weighted by Crippen LogP contribution is -1.70. The molecule has 0 aliphatic rings. The summed E-state index contributed by atoms with van der Waals surface area (Å²) in [6.45, 7) is 0. The molecule has 0 aliphatic carbocycles. The number of halogens is 2. The predicted octanol–water partition coefficient (Wildman–Crippen LogP) is 3.66. The molecule has 0 amide bonds. The van der Waals surface area contributed by atoms with E-state index in [0.29, 0.717) is 0 Å². The highest BCUT2D eigenvalue weighted by molar-refractivity contribution is 9.10. The molecular weight excluding hydrogens is 304 g/mol. The number of imidazole rings is 1. The van der Waals surface area contributed by atoms with Gasteiger partial charge in [0.15, 0.2) is 0 Å². The number of rotatable bonds is 1. The zero-order chi connectivity index (χ0) is 8.55. The average Bonchev–Trinajstić information content (AvgIpc) is 2.58. The van der Waals surface area contributed by atoms with Crippen LogP contribution in [0.2, 0.25) is 0 Å². The van der Waals surface area contributed by atoms with E-state index in [0.717, 1.165) is 19.6 Å². The fraction of sp³-hybridized carbons (Fsp3) is 0. The zero-order valence-electron chi connectivity index (χ0n) is 5.84. The molecule has 0 saturated carbocycles. The van der Waals surface area contributed by atoms with E-state index in [9.17, 15) is 0 Å². The molecule has 62 valence electrons. The molecule has 0 aromatic carbocycles. The Labute approximate surface area is 90.3 Å². The topological polar surface area (TPSA) is 28.7 Å². The lowest BCUT2D eigenvalue weighted by molar-refractivity contribution is 1.30. The molecule has 5 heteroatoms. The summed E-state index contributed by atoms with van der Waals surface area (Å²) >= 11 is 8.45. The Morgan fingerprint density at radius 2 is 2.25 bits per heavy atom. The van der Waals surface area contributed by atoms with Gasteiger partial charge in [-0.05, 0) is 37.9 Å². The van der Waals surface area contributed by atoms with Gasteiger partial charge >= 0.3 is 0 Å². The van der Waals surface area contributed by atoms with Crippen LogP contribution in [-0.2, 0) is 0 Å². The van der Waals surface area contributed by atoms with Crippen LogP contribution >= 0.6 is 43.2 Å². The molecule has 12 heavy (non-hydrogen) atoms. The molecule has 0 atom stereocenters. The normalized spacial score (nSPS) is 10.5. The number of nitrogens with one attached hydrogen (secondary N) is 1. The first kappa shape index (κ1) is 8.47. The van der Waals surface area contributed by atoms with Crippen LogP contribution < -0.4 is 0 Å². The number of aromatic nitrogens is 2. The van der Waals surface area contributed by atoms with Gasteiger partial charge in [-0.25, -0.2) is 4.98 Å². The summed E-state index contributed by atoms with van der Waals surface area (Å²) in [6, 6.07) is 2.05. The minimum atomic E-state index is 0.928. The van der Waals surface area contributed by atoms with Crippen LogP contribution in [0.3, 0.4) is 0 Å². The van der Waals surface area contributed by atoms with Crippen LogP contribution in [0.25, 0.3) is 10.6 Å². The molecule has 0 bridgehead atoms. The van der Waals surface area contributed by atoms with Gasteiger partial charge in [-0.1, -0.05) is 0 Å². The van der Waals surface area contributed by atoms with Crippen LogP contribution in [0.4, 0.5) is 0 Å². The van der Waals surface area contributed by atoms with Crippen LogP contribution in [0.5, 0.6) is 0 Å². The van der Waals surface area contributed by atoms with Gasteiger partial charge < -0.3 is 4.98 Å². The van der Waals surface area contributed by atoms with Gasteiger partial charge in [0.25, 0.3) is 0 Å². The maximum absolute atomic E-state index is 4.19. The van der Waals surface area contributed by atoms with Crippen molar-refractivity contribution < 1.29 is 0 Å². The maximum Gasteiger partial charge on any atom is 0.113 e. The van der Waals surface area contributed by atoms with Gasteiger partial charge in [-0.3, -0.25) is 0 Å². The Morgan fingerprint density at radius 1 is 1.42 bits per heavy atom. The largest absolute Gasteiger partial charge is 0.339 e. The minimum Gasteiger partial charge on any atom is -0.339 e. The molecule has 0 unspecified atom stereocenters. The number of nitrogens with zero attached hydrogens (tertiary/aromatic N) is 1. The smallest absolute Gasteiger partial charge is 0.113 e. The second-order valence-electron chi connectivity index (χ2n) is 2.19. The minimum absolute atomic E-state index is 0.928. The van der Waals surface area contributed by atoms with Gasteiger partial charge in [0, 0.05) is 9.85 Å². The summed E-state index contributed by atoms with van der Waals surface area (Å²) in [7, 11) is 0. The maximum atomic E-state index is 4.19. The summed E-state index contributed by atoms with van der Waals surface area (Å²) < 4.78 is 2.02. The van der Waals surface area contributed by atoms with Crippen LogP contribution in [0, 0.1) is 0 Å². The van der Waals surface area contributed by atoms with E-state index in [1.54, 1.807) is 17.7 Å². The van der Waals surface area contributed by atoms with Crippen molar-refractivity contribution in [2.75, 3.05) is 0 Å². The Kier molecular flexibility index (Phi) is 2.34. The monoisotopic (exact) mass is 306 g/mol. The van der Waals surface area contributed by atoms with E-state index in [4.69, 9.17) is 0 Å². The third kappa shape index (κ3) is 1.48. The van der Waals surface area contributed by atoms with E-state index in [-0.39, 0.29) is 0 Å². The lowest BCUT2D eigenvalue weighted by Gasteiger charge is -1.88. The highest BCUT2D eigenvalue weighted by Gasteiger charge is 2.07. The van der Waals surface area contributed by atoms with Gasteiger partial charge in [0.2, 0.25) is 0 Å². The van der Waals surface area contributed by atoms with E-state index >= 15 is 0 Å². The summed E-state index contributed by atoms with van der Waals surface area (Å²) in [5, 5.41) is 2.04. The Balaban J connectivity index is 2.50. The second-order valence-corrected chi connectivity index (χ2v) is 4.81. The average molecular weight is 308 g/mol. The molecule has 0 saturated heterocycles. The molecule has 2 aromatic heterocycles. The number of hydrogen-bond acceptors (Lipinski definition) is 2. The molecule has 0 fully saturated rings. The number of H-pyrrole nitrogens is 1. The SMILES string of the molecule is Brc1csc(-c2nc[nH]c2Br)c1. The van der Waals surface area contributed by atoms with Crippen molar-refractivity contribution >= 4 is 43.2 Å². The first-order valence-corrected chi connectivity index (χ1v) is 5.67. The number of thiophene rings is 1. The second kappa shape index (κ2) is 3.32. The van der Waals surface area contributed by atoms with Crippen LogP contribution in [-0.4, -0.2) is 9.97 Å². The van der Waals surface area contributed by atoms with Crippen molar-refractivity contribution in [3.05, 3.63) is 26.8 Å². The molecular formula is C7H4Br2N2S. The third-order valence-corrected chi connectivity index (χ3v) is 3.70. The first-order valence-electron chi connectivity index (χ1n) is 3.20. The van der Waals surface area contributed by atoms with Crippen molar-refractivity contribution in [1.29, 1.82) is 0 Å². The molecule has 0 spiro atoms. The summed E-state index contributed by atoms with van der Waals surface area (Å²) in [6.07, 6.45) is 1.67. The number of hydrogen-bond donors (Lipinski definition) is 1.